The van der Waals surface area contributed by atoms with Gasteiger partial charge in [0, 0.05) is 0 Å². The topological polar surface area (TPSA) is 0 Å². The third-order valence-electron chi connectivity index (χ3n) is 5.24. The van der Waals surface area contributed by atoms with E-state index in [1.807, 2.05) is 0 Å². The maximum atomic E-state index is 2.51. The normalized spacial score (nSPS) is 18.4. The SMILES string of the molecule is CC1=Cc2ccccc2[C]1[PH](C)(C)[C]1C(C)=Cc2ccccc21. The molecule has 2 aliphatic rings. The molecule has 116 valence electrons. The number of fused-ring (bicyclic) bond motifs is 2. The fourth-order valence-electron chi connectivity index (χ4n) is 4.52. The van der Waals surface area contributed by atoms with E-state index in [1.165, 1.54) is 33.4 Å². The first-order valence-electron chi connectivity index (χ1n) is 8.31. The molecule has 0 bridgehead atoms. The van der Waals surface area contributed by atoms with Crippen molar-refractivity contribution in [3.05, 3.63) is 93.2 Å². The summed E-state index contributed by atoms with van der Waals surface area (Å²) in [4.78, 5) is 0. The van der Waals surface area contributed by atoms with Gasteiger partial charge in [-0.2, -0.15) is 0 Å². The molecular weight excluding hydrogens is 295 g/mol. The Bertz CT molecular complexity index is 769. The second kappa shape index (κ2) is 5.18. The van der Waals surface area contributed by atoms with Crippen molar-refractivity contribution in [3.63, 3.8) is 0 Å². The van der Waals surface area contributed by atoms with E-state index in [2.05, 4.69) is 87.9 Å². The molecule has 4 rings (SSSR count). The van der Waals surface area contributed by atoms with Crippen molar-refractivity contribution in [1.29, 1.82) is 0 Å². The van der Waals surface area contributed by atoms with Crippen molar-refractivity contribution in [2.75, 3.05) is 13.3 Å². The molecule has 0 fully saturated rings. The fraction of sp³-hybridized carbons (Fsp3) is 0.182. The van der Waals surface area contributed by atoms with Crippen LogP contribution in [0.25, 0.3) is 12.2 Å². The monoisotopic (exact) mass is 318 g/mol. The second-order valence-corrected chi connectivity index (χ2v) is 11.5. The molecule has 0 heterocycles. The van der Waals surface area contributed by atoms with Crippen LogP contribution < -0.4 is 0 Å². The maximum absolute atomic E-state index is 2.51. The van der Waals surface area contributed by atoms with Gasteiger partial charge in [0.25, 0.3) is 0 Å². The van der Waals surface area contributed by atoms with Gasteiger partial charge in [0.05, 0.1) is 0 Å². The van der Waals surface area contributed by atoms with Crippen LogP contribution in [-0.4, -0.2) is 13.3 Å². The Morgan fingerprint density at radius 3 is 1.43 bits per heavy atom. The zero-order valence-electron chi connectivity index (χ0n) is 14.3. The number of allylic oxidation sites excluding steroid dienone is 2. The van der Waals surface area contributed by atoms with Gasteiger partial charge in [0.1, 0.15) is 0 Å². The Morgan fingerprint density at radius 1 is 0.609 bits per heavy atom. The molecule has 0 spiro atoms. The average Bonchev–Trinajstić information content (AvgIpc) is 3.02. The van der Waals surface area contributed by atoms with Crippen molar-refractivity contribution in [2.24, 2.45) is 0 Å². The summed E-state index contributed by atoms with van der Waals surface area (Å²) in [6.45, 7) is 9.59. The van der Waals surface area contributed by atoms with Gasteiger partial charge in [-0.3, -0.25) is 0 Å². The third-order valence-corrected chi connectivity index (χ3v) is 9.07. The fourth-order valence-corrected chi connectivity index (χ4v) is 8.69. The first-order chi connectivity index (χ1) is 11.0. The molecule has 2 aromatic carbocycles. The van der Waals surface area contributed by atoms with Crippen molar-refractivity contribution in [2.45, 2.75) is 13.8 Å². The summed E-state index contributed by atoms with van der Waals surface area (Å²) in [5.74, 6) is 0. The molecular formula is C22H23P. The number of hydrogen-bond acceptors (Lipinski definition) is 0. The summed E-state index contributed by atoms with van der Waals surface area (Å²) >= 11 is 0. The molecule has 0 saturated heterocycles. The van der Waals surface area contributed by atoms with Crippen LogP contribution in [0.2, 0.25) is 0 Å². The molecule has 0 unspecified atom stereocenters. The molecule has 0 amide bonds. The van der Waals surface area contributed by atoms with E-state index < -0.39 is 7.26 Å². The van der Waals surface area contributed by atoms with Crippen molar-refractivity contribution >= 4 is 19.4 Å². The summed E-state index contributed by atoms with van der Waals surface area (Å²) in [6.07, 6.45) is 4.72. The standard InChI is InChI=1S/C22H23P/c1-15-13-17-9-5-7-11-19(17)21(15)23(3,4)22-16(2)14-18-10-6-8-12-20(18)22/h5-14,23H,1-4H3. The molecule has 0 saturated carbocycles. The van der Waals surface area contributed by atoms with Crippen LogP contribution in [0.4, 0.5) is 0 Å². The van der Waals surface area contributed by atoms with E-state index >= 15 is 0 Å². The van der Waals surface area contributed by atoms with Crippen molar-refractivity contribution in [1.82, 2.24) is 0 Å². The van der Waals surface area contributed by atoms with Gasteiger partial charge >= 0.3 is 140 Å². The van der Waals surface area contributed by atoms with Crippen LogP contribution in [0, 0.1) is 11.3 Å². The molecule has 23 heavy (non-hydrogen) atoms. The van der Waals surface area contributed by atoms with Gasteiger partial charge in [-0.15, -0.1) is 0 Å². The molecule has 2 aromatic rings. The Morgan fingerprint density at radius 2 is 1.00 bits per heavy atom. The van der Waals surface area contributed by atoms with Gasteiger partial charge in [0.2, 0.25) is 0 Å². The Balaban J connectivity index is 1.84. The number of benzene rings is 2. The van der Waals surface area contributed by atoms with Crippen LogP contribution in [0.1, 0.15) is 36.1 Å². The third kappa shape index (κ3) is 2.16. The summed E-state index contributed by atoms with van der Waals surface area (Å²) in [7, 11) is -1.77. The summed E-state index contributed by atoms with van der Waals surface area (Å²) in [5, 5.41) is 0. The predicted octanol–water partition coefficient (Wildman–Crippen LogP) is 5.99. The van der Waals surface area contributed by atoms with E-state index in [0.29, 0.717) is 0 Å². The molecule has 1 heteroatoms. The minimum absolute atomic E-state index is 1.38. The van der Waals surface area contributed by atoms with Gasteiger partial charge in [-0.25, -0.2) is 0 Å². The average molecular weight is 318 g/mol. The first kappa shape index (κ1) is 14.9. The Labute approximate surface area is 140 Å². The van der Waals surface area contributed by atoms with E-state index in [1.54, 1.807) is 11.3 Å². The molecule has 0 atom stereocenters. The van der Waals surface area contributed by atoms with Crippen LogP contribution in [0.15, 0.2) is 59.7 Å². The second-order valence-electron chi connectivity index (χ2n) is 7.20. The number of hydrogen-bond donors (Lipinski definition) is 0. The first-order valence-corrected chi connectivity index (χ1v) is 11.3. The Hall–Kier alpha value is -1.65. The molecule has 2 radical (unpaired) electrons. The Kier molecular flexibility index (Phi) is 3.36. The molecule has 0 N–H and O–H groups in total. The summed E-state index contributed by atoms with van der Waals surface area (Å²) in [5.41, 5.74) is 11.8. The number of rotatable bonds is 2. The van der Waals surface area contributed by atoms with Crippen molar-refractivity contribution < 1.29 is 0 Å². The van der Waals surface area contributed by atoms with Crippen molar-refractivity contribution in [3.8, 4) is 0 Å². The summed E-state index contributed by atoms with van der Waals surface area (Å²) < 4.78 is 0. The quantitative estimate of drug-likeness (QED) is 0.597. The minimum atomic E-state index is -1.77. The zero-order valence-corrected chi connectivity index (χ0v) is 15.3. The van der Waals surface area contributed by atoms with Crippen LogP contribution in [0.5, 0.6) is 0 Å². The molecule has 0 nitrogen and oxygen atoms in total. The van der Waals surface area contributed by atoms with Crippen LogP contribution in [0.3, 0.4) is 0 Å². The van der Waals surface area contributed by atoms with E-state index in [4.69, 9.17) is 0 Å². The predicted molar refractivity (Wildman–Crippen MR) is 105 cm³/mol. The molecule has 0 aromatic heterocycles. The van der Waals surface area contributed by atoms with Crippen LogP contribution >= 0.6 is 7.26 Å². The van der Waals surface area contributed by atoms with Gasteiger partial charge in [-0.05, 0) is 0 Å². The van der Waals surface area contributed by atoms with Gasteiger partial charge in [0.15, 0.2) is 0 Å². The molecule has 0 aliphatic heterocycles. The van der Waals surface area contributed by atoms with E-state index in [0.717, 1.165) is 0 Å². The zero-order chi connectivity index (χ0) is 16.2. The van der Waals surface area contributed by atoms with E-state index in [-0.39, 0.29) is 0 Å². The van der Waals surface area contributed by atoms with Gasteiger partial charge < -0.3 is 0 Å². The van der Waals surface area contributed by atoms with Gasteiger partial charge in [-0.1, -0.05) is 0 Å². The van der Waals surface area contributed by atoms with E-state index in [9.17, 15) is 0 Å². The van der Waals surface area contributed by atoms with Crippen LogP contribution in [-0.2, 0) is 0 Å². The molecule has 2 aliphatic carbocycles. The summed E-state index contributed by atoms with van der Waals surface area (Å²) in [6, 6.07) is 17.7.